The highest BCUT2D eigenvalue weighted by atomic mass is 19.4. The second-order valence-corrected chi connectivity index (χ2v) is 17.0. The molecule has 0 fully saturated rings. The molecule has 0 unspecified atom stereocenters. The number of benzene rings is 6. The number of halogens is 24. The van der Waals surface area contributed by atoms with Gasteiger partial charge in [-0.15, -0.1) is 0 Å². The Kier molecular flexibility index (Phi) is 18.2. The summed E-state index contributed by atoms with van der Waals surface area (Å²) < 4.78 is 340. The number of rotatable bonds is 6. The molecule has 0 saturated carbocycles. The van der Waals surface area contributed by atoms with Crippen LogP contribution in [0.5, 0.6) is 0 Å². The number of hydrogen-bond donors (Lipinski definition) is 2. The van der Waals surface area contributed by atoms with Crippen molar-refractivity contribution in [2.45, 2.75) is 49.4 Å². The molecule has 30 heteroatoms. The summed E-state index contributed by atoms with van der Waals surface area (Å²) >= 11 is 0. The maximum absolute atomic E-state index is 14.4. The topological polar surface area (TPSA) is 66.8 Å². The average molecular weight is 1150 g/mol. The number of hydrogen-bond acceptors (Lipinski definition) is 4. The molecule has 424 valence electrons. The first kappa shape index (κ1) is 63.9. The number of anilines is 1. The van der Waals surface area contributed by atoms with E-state index in [1.807, 2.05) is 32.3 Å². The molecular formula is C48H33BF24N2O3. The van der Waals surface area contributed by atoms with E-state index < -0.39 is 175 Å². The third kappa shape index (κ3) is 16.0. The third-order valence-corrected chi connectivity index (χ3v) is 10.9. The molecule has 2 N–H and O–H groups in total. The Hall–Kier alpha value is -6.66. The first-order valence-corrected chi connectivity index (χ1v) is 21.0. The van der Waals surface area contributed by atoms with Gasteiger partial charge in [0.2, 0.25) is 0 Å². The van der Waals surface area contributed by atoms with E-state index in [4.69, 9.17) is 15.1 Å². The van der Waals surface area contributed by atoms with Gasteiger partial charge in [-0.25, -0.2) is 0 Å². The second-order valence-electron chi connectivity index (χ2n) is 17.0. The lowest BCUT2D eigenvalue weighted by Crippen LogP contribution is -2.35. The predicted molar refractivity (Wildman–Crippen MR) is 233 cm³/mol. The molecule has 0 saturated heterocycles. The number of alkyl halides is 24. The van der Waals surface area contributed by atoms with Gasteiger partial charge in [-0.3, -0.25) is 4.48 Å². The summed E-state index contributed by atoms with van der Waals surface area (Å²) in [6.45, 7) is 0. The van der Waals surface area contributed by atoms with Crippen LogP contribution in [-0.4, -0.2) is 45.6 Å². The van der Waals surface area contributed by atoms with Crippen LogP contribution in [0.15, 0.2) is 115 Å². The normalized spacial score (nSPS) is 13.1. The van der Waals surface area contributed by atoms with Crippen LogP contribution in [0.25, 0.3) is 33.4 Å². The molecule has 0 spiro atoms. The highest BCUT2D eigenvalue weighted by molar-refractivity contribution is 6.28. The van der Waals surface area contributed by atoms with Gasteiger partial charge in [0.05, 0.1) is 64.2 Å². The van der Waals surface area contributed by atoms with Gasteiger partial charge in [0.15, 0.2) is 0 Å². The predicted octanol–water partition coefficient (Wildman–Crippen LogP) is 15.8. The molecule has 0 aliphatic heterocycles. The molecule has 0 bridgehead atoms. The van der Waals surface area contributed by atoms with Crippen LogP contribution < -0.4 is 14.4 Å². The van der Waals surface area contributed by atoms with Crippen molar-refractivity contribution >= 4 is 24.4 Å². The Morgan fingerprint density at radius 1 is 0.372 bits per heavy atom. The largest absolute Gasteiger partial charge is 0.832 e. The van der Waals surface area contributed by atoms with E-state index in [0.29, 0.717) is 26.2 Å². The van der Waals surface area contributed by atoms with Crippen LogP contribution >= 0.6 is 0 Å². The Balaban J connectivity index is 0.000000888. The minimum absolute atomic E-state index is 0.0334. The van der Waals surface area contributed by atoms with Crippen LogP contribution in [0.1, 0.15) is 44.5 Å². The van der Waals surface area contributed by atoms with Gasteiger partial charge in [0.25, 0.3) is 0 Å². The van der Waals surface area contributed by atoms with Crippen LogP contribution in [0.4, 0.5) is 122 Å². The van der Waals surface area contributed by atoms with Gasteiger partial charge in [0.1, 0.15) is 11.4 Å². The minimum Gasteiger partial charge on any atom is -0.832 e. The lowest BCUT2D eigenvalue weighted by atomic mass is 9.83. The van der Waals surface area contributed by atoms with E-state index in [0.717, 1.165) is 0 Å². The zero-order valence-electron chi connectivity index (χ0n) is 39.3. The van der Waals surface area contributed by atoms with E-state index in [2.05, 4.69) is 17.0 Å². The second kappa shape index (κ2) is 22.2. The van der Waals surface area contributed by atoms with Gasteiger partial charge in [-0.05, 0) is 101 Å². The standard InChI is InChI=1S/C40H20F24N.C8H11N.BH2O3/c1-65(2,28-15-26(39(59,60)61)14-27(16-28)40(62,63)64)30-4-3-29(17-5-20(33(41,42)43)11-21(6-17)34(44,45)46)31(18-7-22(35(47,48)49)12-23(8-18)36(50,51)52)32(30)19-9-24(37(53,54)55)13-25(10-19)38(56,57)58;1-9(2)8-6-4-3-5-7-8;2-1(3)4/h3-16H,1-2H3;3-7H,1-2H3;2-3H/q+1;;-1. The van der Waals surface area contributed by atoms with Crippen molar-refractivity contribution in [3.05, 3.63) is 160 Å². The minimum atomic E-state index is -5.87. The number of nitrogens with zero attached hydrogens (tertiary/aromatic N) is 2. The molecule has 0 atom stereocenters. The Bertz CT molecular complexity index is 2930. The third-order valence-electron chi connectivity index (χ3n) is 10.9. The zero-order valence-corrected chi connectivity index (χ0v) is 39.3. The smallest absolute Gasteiger partial charge is 0.416 e. The SMILES string of the molecule is CN(C)c1ccccc1.C[N+](C)(c1cc(C(F)(F)F)cc(C(F)(F)F)c1)c1ccc(-c2cc(C(F)(F)F)cc(C(F)(F)F)c2)c(-c2cc(C(F)(F)F)cc(C(F)(F)F)c2)c1-c1cc(C(F)(F)F)cc(C(F)(F)F)c1.[O-]B(O)O. The van der Waals surface area contributed by atoms with Crippen molar-refractivity contribution in [2.75, 3.05) is 33.1 Å². The fourth-order valence-corrected chi connectivity index (χ4v) is 7.33. The summed E-state index contributed by atoms with van der Waals surface area (Å²) in [4.78, 5) is 2.08. The van der Waals surface area contributed by atoms with E-state index in [9.17, 15) is 105 Å². The van der Waals surface area contributed by atoms with Gasteiger partial charge in [-0.1, -0.05) is 18.2 Å². The summed E-state index contributed by atoms with van der Waals surface area (Å²) in [5, 5.41) is 22.8. The lowest BCUT2D eigenvalue weighted by Gasteiger charge is -2.34. The highest BCUT2D eigenvalue weighted by Gasteiger charge is 2.44. The summed E-state index contributed by atoms with van der Waals surface area (Å²) in [7, 11) is 2.84. The van der Waals surface area contributed by atoms with Crippen molar-refractivity contribution in [1.29, 1.82) is 0 Å². The zero-order chi connectivity index (χ0) is 59.9. The number of para-hydroxylation sites is 1. The molecule has 6 aromatic rings. The Morgan fingerprint density at radius 3 is 0.885 bits per heavy atom. The molecule has 6 aromatic carbocycles. The Morgan fingerprint density at radius 2 is 0.628 bits per heavy atom. The molecule has 78 heavy (non-hydrogen) atoms. The molecule has 0 aliphatic carbocycles. The molecule has 0 radical (unpaired) electrons. The molecule has 0 aromatic heterocycles. The summed E-state index contributed by atoms with van der Waals surface area (Å²) in [6, 6.07) is 7.36. The van der Waals surface area contributed by atoms with Gasteiger partial charge < -0.3 is 20.0 Å². The van der Waals surface area contributed by atoms with Crippen molar-refractivity contribution in [2.24, 2.45) is 0 Å². The van der Waals surface area contributed by atoms with Crippen molar-refractivity contribution in [3.63, 3.8) is 0 Å². The molecule has 0 heterocycles. The van der Waals surface area contributed by atoms with Gasteiger partial charge in [-0.2, -0.15) is 105 Å². The first-order valence-electron chi connectivity index (χ1n) is 21.0. The molecule has 6 rings (SSSR count). The lowest BCUT2D eigenvalue weighted by molar-refractivity contribution is -0.242. The molecule has 0 aliphatic rings. The molecule has 5 nitrogen and oxygen atoms in total. The fraction of sp³-hybridized carbons (Fsp3) is 0.250. The van der Waals surface area contributed by atoms with E-state index in [1.165, 1.54) is 5.69 Å². The highest BCUT2D eigenvalue weighted by Crippen LogP contribution is 2.54. The van der Waals surface area contributed by atoms with E-state index in [-0.39, 0.29) is 48.5 Å². The molecule has 0 amide bonds. The van der Waals surface area contributed by atoms with Crippen molar-refractivity contribution in [1.82, 2.24) is 4.48 Å². The van der Waals surface area contributed by atoms with E-state index in [1.54, 1.807) is 0 Å². The maximum atomic E-state index is 14.4. The summed E-state index contributed by atoms with van der Waals surface area (Å²) in [5.41, 5.74) is -28.4. The average Bonchev–Trinajstić information content (AvgIpc) is 3.28. The van der Waals surface area contributed by atoms with Crippen LogP contribution in [0.2, 0.25) is 0 Å². The monoisotopic (exact) mass is 1150 g/mol. The Labute approximate surface area is 424 Å². The fourth-order valence-electron chi connectivity index (χ4n) is 7.33. The van der Waals surface area contributed by atoms with Crippen molar-refractivity contribution < 1.29 is 120 Å². The van der Waals surface area contributed by atoms with Gasteiger partial charge in [0, 0.05) is 43.5 Å². The van der Waals surface area contributed by atoms with Gasteiger partial charge >= 0.3 is 56.7 Å². The van der Waals surface area contributed by atoms with Crippen LogP contribution in [0.3, 0.4) is 0 Å². The summed E-state index contributed by atoms with van der Waals surface area (Å²) in [6.07, 6.45) is -46.3. The van der Waals surface area contributed by atoms with E-state index >= 15 is 0 Å². The summed E-state index contributed by atoms with van der Waals surface area (Å²) in [5.74, 6) is 0. The van der Waals surface area contributed by atoms with Crippen LogP contribution in [0, 0.1) is 0 Å². The van der Waals surface area contributed by atoms with Crippen LogP contribution in [-0.2, 0) is 49.4 Å². The quantitative estimate of drug-likeness (QED) is 0.0991. The maximum Gasteiger partial charge on any atom is 0.416 e. The number of quaternary nitrogens is 1. The first-order chi connectivity index (χ1) is 35.0. The van der Waals surface area contributed by atoms with Crippen molar-refractivity contribution in [3.8, 4) is 33.4 Å². The molecular weight excluding hydrogens is 1120 g/mol.